The molecule has 1 saturated heterocycles. The highest BCUT2D eigenvalue weighted by Crippen LogP contribution is 2.52. The van der Waals surface area contributed by atoms with Crippen LogP contribution in [0.3, 0.4) is 0 Å². The van der Waals surface area contributed by atoms with Crippen LogP contribution in [0.4, 0.5) is 0 Å². The molecule has 2 aliphatic carbocycles. The Morgan fingerprint density at radius 1 is 1.14 bits per heavy atom. The minimum absolute atomic E-state index is 0.261. The second-order valence-electron chi connectivity index (χ2n) is 9.02. The summed E-state index contributed by atoms with van der Waals surface area (Å²) in [5.41, 5.74) is 3.26. The smallest absolute Gasteiger partial charge is 0.220 e. The molecule has 2 heterocycles. The summed E-state index contributed by atoms with van der Waals surface area (Å²) < 4.78 is 0. The minimum Gasteiger partial charge on any atom is -0.353 e. The van der Waals surface area contributed by atoms with Crippen LogP contribution in [0.1, 0.15) is 66.9 Å². The molecular formula is C24H30N2OS. The topological polar surface area (TPSA) is 32.3 Å². The zero-order valence-corrected chi connectivity index (χ0v) is 17.3. The van der Waals surface area contributed by atoms with Crippen LogP contribution < -0.4 is 5.32 Å². The molecule has 3 nitrogen and oxygen atoms in total. The number of benzene rings is 1. The second kappa shape index (κ2) is 7.64. The first kappa shape index (κ1) is 18.4. The summed E-state index contributed by atoms with van der Waals surface area (Å²) in [6.07, 6.45) is 7.84. The van der Waals surface area contributed by atoms with Gasteiger partial charge in [0.05, 0.1) is 0 Å². The third kappa shape index (κ3) is 3.53. The average Bonchev–Trinajstić information content (AvgIpc) is 3.28. The fraction of sp³-hybridized carbons (Fsp3) is 0.542. The Bertz CT molecular complexity index is 819. The van der Waals surface area contributed by atoms with Crippen LogP contribution in [0, 0.1) is 0 Å². The van der Waals surface area contributed by atoms with Crippen molar-refractivity contribution < 1.29 is 4.79 Å². The van der Waals surface area contributed by atoms with E-state index in [1.165, 1.54) is 35.3 Å². The molecule has 0 radical (unpaired) electrons. The van der Waals surface area contributed by atoms with Gasteiger partial charge in [0.1, 0.15) is 0 Å². The van der Waals surface area contributed by atoms with E-state index in [1.807, 2.05) is 11.3 Å². The van der Waals surface area contributed by atoms with Crippen molar-refractivity contribution in [2.24, 2.45) is 0 Å². The lowest BCUT2D eigenvalue weighted by Crippen LogP contribution is -2.41. The van der Waals surface area contributed by atoms with Gasteiger partial charge in [0.2, 0.25) is 5.91 Å². The van der Waals surface area contributed by atoms with Crippen LogP contribution >= 0.6 is 11.3 Å². The Hall–Kier alpha value is -1.65. The van der Waals surface area contributed by atoms with E-state index >= 15 is 0 Å². The summed E-state index contributed by atoms with van der Waals surface area (Å²) in [5.74, 6) is 0.650. The van der Waals surface area contributed by atoms with Gasteiger partial charge < -0.3 is 5.32 Å². The predicted octanol–water partition coefficient (Wildman–Crippen LogP) is 4.83. The number of carbonyl (C=O) groups excluding carboxylic acids is 1. The molecule has 0 bridgehead atoms. The van der Waals surface area contributed by atoms with Gasteiger partial charge in [-0.25, -0.2) is 0 Å². The maximum Gasteiger partial charge on any atom is 0.220 e. The van der Waals surface area contributed by atoms with Gasteiger partial charge in [0, 0.05) is 23.9 Å². The highest BCUT2D eigenvalue weighted by molar-refractivity contribution is 7.09. The molecule has 1 atom stereocenters. The number of piperidine rings is 1. The summed E-state index contributed by atoms with van der Waals surface area (Å²) in [7, 11) is 0. The van der Waals surface area contributed by atoms with Crippen molar-refractivity contribution in [1.82, 2.24) is 10.2 Å². The van der Waals surface area contributed by atoms with Crippen molar-refractivity contribution in [3.8, 4) is 0 Å². The Balaban J connectivity index is 1.27. The molecule has 5 rings (SSSR count). The Labute approximate surface area is 172 Å². The van der Waals surface area contributed by atoms with Gasteiger partial charge in [-0.2, -0.15) is 0 Å². The maximum atomic E-state index is 12.6. The lowest BCUT2D eigenvalue weighted by atomic mass is 9.73. The lowest BCUT2D eigenvalue weighted by molar-refractivity contribution is -0.122. The molecule has 2 fully saturated rings. The van der Waals surface area contributed by atoms with Crippen molar-refractivity contribution in [3.05, 3.63) is 57.8 Å². The third-order valence-corrected chi connectivity index (χ3v) is 8.15. The Morgan fingerprint density at radius 3 is 2.68 bits per heavy atom. The van der Waals surface area contributed by atoms with Crippen molar-refractivity contribution in [3.63, 3.8) is 0 Å². The molecular weight excluding hydrogens is 364 g/mol. The number of likely N-dealkylation sites (tertiary alicyclic amines) is 1. The van der Waals surface area contributed by atoms with Crippen molar-refractivity contribution in [2.45, 2.75) is 68.9 Å². The standard InChI is InChI=1S/C24H30N2OS/c27-23(25-19-5-3-6-19)15-18-16-24(22-9-2-1-8-21(18)22)10-12-26(13-11-24)17-20-7-4-14-28-20/h1-2,4,7-9,14,18-19H,3,5-6,10-13,15-17H2,(H,25,27). The molecule has 1 aromatic carbocycles. The number of amides is 1. The molecule has 4 heteroatoms. The van der Waals surface area contributed by atoms with Crippen LogP contribution in [0.15, 0.2) is 41.8 Å². The third-order valence-electron chi connectivity index (χ3n) is 7.28. The van der Waals surface area contributed by atoms with Crippen LogP contribution in [-0.4, -0.2) is 29.9 Å². The van der Waals surface area contributed by atoms with E-state index in [4.69, 9.17) is 0 Å². The molecule has 1 saturated carbocycles. The van der Waals surface area contributed by atoms with E-state index in [0.717, 1.165) is 38.9 Å². The van der Waals surface area contributed by atoms with Gasteiger partial charge in [-0.15, -0.1) is 11.3 Å². The lowest BCUT2D eigenvalue weighted by Gasteiger charge is -2.40. The molecule has 3 aliphatic rings. The zero-order valence-electron chi connectivity index (χ0n) is 16.5. The molecule has 148 valence electrons. The quantitative estimate of drug-likeness (QED) is 0.788. The fourth-order valence-electron chi connectivity index (χ4n) is 5.51. The molecule has 1 aliphatic heterocycles. The molecule has 1 aromatic heterocycles. The van der Waals surface area contributed by atoms with Crippen molar-refractivity contribution >= 4 is 17.2 Å². The zero-order chi connectivity index (χ0) is 19.0. The monoisotopic (exact) mass is 394 g/mol. The normalized spacial score (nSPS) is 24.1. The van der Waals surface area contributed by atoms with Crippen molar-refractivity contribution in [1.29, 1.82) is 0 Å². The summed E-state index contributed by atoms with van der Waals surface area (Å²) in [6.45, 7) is 3.41. The molecule has 1 spiro atoms. The van der Waals surface area contributed by atoms with Gasteiger partial charge >= 0.3 is 0 Å². The van der Waals surface area contributed by atoms with E-state index in [-0.39, 0.29) is 11.3 Å². The van der Waals surface area contributed by atoms with E-state index < -0.39 is 0 Å². The molecule has 1 N–H and O–H groups in total. The van der Waals surface area contributed by atoms with Gasteiger partial charge in [0.25, 0.3) is 0 Å². The second-order valence-corrected chi connectivity index (χ2v) is 10.1. The Morgan fingerprint density at radius 2 is 1.96 bits per heavy atom. The first-order valence-electron chi connectivity index (χ1n) is 10.9. The van der Waals surface area contributed by atoms with Crippen LogP contribution in [0.2, 0.25) is 0 Å². The first-order chi connectivity index (χ1) is 13.7. The summed E-state index contributed by atoms with van der Waals surface area (Å²) >= 11 is 1.86. The Kier molecular flexibility index (Phi) is 5.02. The van der Waals surface area contributed by atoms with Gasteiger partial charge in [-0.05, 0) is 85.5 Å². The fourth-order valence-corrected chi connectivity index (χ4v) is 6.25. The van der Waals surface area contributed by atoms with Crippen molar-refractivity contribution in [2.75, 3.05) is 13.1 Å². The number of thiophene rings is 1. The summed E-state index contributed by atoms with van der Waals surface area (Å²) in [6, 6.07) is 13.8. The average molecular weight is 395 g/mol. The van der Waals surface area contributed by atoms with E-state index in [9.17, 15) is 4.79 Å². The number of nitrogens with zero attached hydrogens (tertiary/aromatic N) is 1. The predicted molar refractivity (Wildman–Crippen MR) is 115 cm³/mol. The van der Waals surface area contributed by atoms with Crippen LogP contribution in [0.5, 0.6) is 0 Å². The summed E-state index contributed by atoms with van der Waals surface area (Å²) in [5, 5.41) is 5.43. The van der Waals surface area contributed by atoms with Gasteiger partial charge in [-0.1, -0.05) is 30.3 Å². The van der Waals surface area contributed by atoms with E-state index in [0.29, 0.717) is 18.4 Å². The number of fused-ring (bicyclic) bond motifs is 2. The number of hydrogen-bond donors (Lipinski definition) is 1. The number of carbonyl (C=O) groups is 1. The summed E-state index contributed by atoms with van der Waals surface area (Å²) in [4.78, 5) is 16.7. The molecule has 1 unspecified atom stereocenters. The molecule has 2 aromatic rings. The molecule has 1 amide bonds. The number of hydrogen-bond acceptors (Lipinski definition) is 3. The van der Waals surface area contributed by atoms with E-state index in [2.05, 4.69) is 52.0 Å². The number of rotatable bonds is 5. The SMILES string of the molecule is O=C(CC1CC2(CCN(Cc3cccs3)CC2)c2ccccc21)NC1CCC1. The molecule has 28 heavy (non-hydrogen) atoms. The maximum absolute atomic E-state index is 12.6. The highest BCUT2D eigenvalue weighted by Gasteiger charge is 2.45. The van der Waals surface area contributed by atoms with E-state index in [1.54, 1.807) is 0 Å². The van der Waals surface area contributed by atoms with Crippen LogP contribution in [-0.2, 0) is 16.8 Å². The highest BCUT2D eigenvalue weighted by atomic mass is 32.1. The number of nitrogens with one attached hydrogen (secondary N) is 1. The minimum atomic E-state index is 0.261. The first-order valence-corrected chi connectivity index (χ1v) is 11.7. The van der Waals surface area contributed by atoms with Crippen LogP contribution in [0.25, 0.3) is 0 Å². The van der Waals surface area contributed by atoms with Gasteiger partial charge in [-0.3, -0.25) is 9.69 Å². The largest absolute Gasteiger partial charge is 0.353 e. The van der Waals surface area contributed by atoms with Gasteiger partial charge in [0.15, 0.2) is 0 Å².